The van der Waals surface area contributed by atoms with Crippen LogP contribution in [0.4, 0.5) is 0 Å². The second-order valence-electron chi connectivity index (χ2n) is 7.08. The Balaban J connectivity index is 1.87. The fourth-order valence-electron chi connectivity index (χ4n) is 3.18. The van der Waals surface area contributed by atoms with Gasteiger partial charge in [0, 0.05) is 31.6 Å². The number of likely N-dealkylation sites (tertiary alicyclic amines) is 1. The highest BCUT2D eigenvalue weighted by molar-refractivity contribution is 6.42. The first-order valence-corrected chi connectivity index (χ1v) is 10.2. The average Bonchev–Trinajstić information content (AvgIpc) is 2.68. The first kappa shape index (κ1) is 22.5. The van der Waals surface area contributed by atoms with E-state index >= 15 is 0 Å². The number of amides is 2. The zero-order chi connectivity index (χ0) is 20.7. The van der Waals surface area contributed by atoms with Gasteiger partial charge in [-0.05, 0) is 43.9 Å². The van der Waals surface area contributed by atoms with Gasteiger partial charge in [0.1, 0.15) is 0 Å². The Morgan fingerprint density at radius 3 is 2.71 bits per heavy atom. The molecule has 2 rings (SSSR count). The molecule has 1 aromatic rings. The van der Waals surface area contributed by atoms with Gasteiger partial charge in [0.15, 0.2) is 0 Å². The van der Waals surface area contributed by atoms with Crippen LogP contribution in [0.25, 0.3) is 0 Å². The molecular formula is C20H26Cl2N2O4. The van der Waals surface area contributed by atoms with E-state index in [0.29, 0.717) is 41.8 Å². The van der Waals surface area contributed by atoms with E-state index in [-0.39, 0.29) is 36.0 Å². The van der Waals surface area contributed by atoms with Crippen LogP contribution in [-0.4, -0.2) is 48.9 Å². The monoisotopic (exact) mass is 428 g/mol. The van der Waals surface area contributed by atoms with Crippen molar-refractivity contribution in [3.63, 3.8) is 0 Å². The Bertz CT molecular complexity index is 726. The molecule has 0 saturated carbocycles. The molecule has 1 aliphatic rings. The molecule has 8 heteroatoms. The standard InChI is InChI=1S/C20H26Cl2N2O4/c1-3-28-18(25)9-13(2)11-23-19(26)15-5-4-8-24(12-15)20(27)14-6-7-16(21)17(22)10-14/h6-7,10,13,15H,3-5,8-9,11-12H2,1-2H3,(H,23,26). The zero-order valence-electron chi connectivity index (χ0n) is 16.2. The topological polar surface area (TPSA) is 75.7 Å². The SMILES string of the molecule is CCOC(=O)CC(C)CNC(=O)C1CCCN(C(=O)c2ccc(Cl)c(Cl)c2)C1. The number of hydrogen-bond acceptors (Lipinski definition) is 4. The Morgan fingerprint density at radius 2 is 2.04 bits per heavy atom. The van der Waals surface area contributed by atoms with Gasteiger partial charge in [-0.15, -0.1) is 0 Å². The lowest BCUT2D eigenvalue weighted by molar-refractivity contribution is -0.144. The molecule has 28 heavy (non-hydrogen) atoms. The lowest BCUT2D eigenvalue weighted by Gasteiger charge is -2.32. The van der Waals surface area contributed by atoms with E-state index in [2.05, 4.69) is 5.32 Å². The van der Waals surface area contributed by atoms with E-state index in [0.717, 1.165) is 12.8 Å². The van der Waals surface area contributed by atoms with Crippen LogP contribution in [0.3, 0.4) is 0 Å². The number of nitrogens with one attached hydrogen (secondary N) is 1. The minimum Gasteiger partial charge on any atom is -0.466 e. The van der Waals surface area contributed by atoms with Gasteiger partial charge in [0.05, 0.1) is 22.6 Å². The third-order valence-electron chi connectivity index (χ3n) is 4.69. The number of carbonyl (C=O) groups excluding carboxylic acids is 3. The fraction of sp³-hybridized carbons (Fsp3) is 0.550. The summed E-state index contributed by atoms with van der Waals surface area (Å²) in [6.07, 6.45) is 1.74. The summed E-state index contributed by atoms with van der Waals surface area (Å²) in [5.41, 5.74) is 0.457. The molecule has 0 spiro atoms. The molecule has 2 amide bonds. The summed E-state index contributed by atoms with van der Waals surface area (Å²) in [5.74, 6) is -0.801. The molecule has 1 saturated heterocycles. The first-order valence-electron chi connectivity index (χ1n) is 9.49. The van der Waals surface area contributed by atoms with Crippen LogP contribution in [0, 0.1) is 11.8 Å². The molecule has 0 radical (unpaired) electrons. The summed E-state index contributed by atoms with van der Waals surface area (Å²) in [6, 6.07) is 4.78. The molecule has 2 atom stereocenters. The van der Waals surface area contributed by atoms with Gasteiger partial charge < -0.3 is 15.0 Å². The molecule has 0 aromatic heterocycles. The van der Waals surface area contributed by atoms with Gasteiger partial charge in [-0.1, -0.05) is 30.1 Å². The highest BCUT2D eigenvalue weighted by Crippen LogP contribution is 2.25. The van der Waals surface area contributed by atoms with Crippen molar-refractivity contribution >= 4 is 41.0 Å². The lowest BCUT2D eigenvalue weighted by Crippen LogP contribution is -2.46. The van der Waals surface area contributed by atoms with Crippen molar-refractivity contribution in [3.8, 4) is 0 Å². The number of hydrogen-bond donors (Lipinski definition) is 1. The molecule has 1 N–H and O–H groups in total. The summed E-state index contributed by atoms with van der Waals surface area (Å²) in [4.78, 5) is 38.4. The van der Waals surface area contributed by atoms with E-state index in [1.54, 1.807) is 30.0 Å². The summed E-state index contributed by atoms with van der Waals surface area (Å²) >= 11 is 11.9. The highest BCUT2D eigenvalue weighted by atomic mass is 35.5. The third kappa shape index (κ3) is 6.38. The summed E-state index contributed by atoms with van der Waals surface area (Å²) in [7, 11) is 0. The molecule has 1 fully saturated rings. The van der Waals surface area contributed by atoms with Gasteiger partial charge in [0.25, 0.3) is 5.91 Å². The van der Waals surface area contributed by atoms with Gasteiger partial charge in [0.2, 0.25) is 5.91 Å². The van der Waals surface area contributed by atoms with Crippen LogP contribution in [0.1, 0.15) is 43.5 Å². The average molecular weight is 429 g/mol. The van der Waals surface area contributed by atoms with Crippen LogP contribution < -0.4 is 5.32 Å². The molecule has 0 bridgehead atoms. The van der Waals surface area contributed by atoms with Crippen molar-refractivity contribution in [3.05, 3.63) is 33.8 Å². The van der Waals surface area contributed by atoms with Crippen molar-refractivity contribution in [2.75, 3.05) is 26.2 Å². The largest absolute Gasteiger partial charge is 0.466 e. The minimum atomic E-state index is -0.268. The second-order valence-corrected chi connectivity index (χ2v) is 7.89. The molecule has 1 aliphatic heterocycles. The quantitative estimate of drug-likeness (QED) is 0.673. The van der Waals surface area contributed by atoms with Crippen molar-refractivity contribution < 1.29 is 19.1 Å². The van der Waals surface area contributed by atoms with E-state index in [1.165, 1.54) is 0 Å². The first-order chi connectivity index (χ1) is 13.3. The Kier molecular flexibility index (Phi) is 8.58. The van der Waals surface area contributed by atoms with Crippen molar-refractivity contribution in [2.45, 2.75) is 33.1 Å². The van der Waals surface area contributed by atoms with Crippen LogP contribution >= 0.6 is 23.2 Å². The van der Waals surface area contributed by atoms with Crippen LogP contribution in [-0.2, 0) is 14.3 Å². The number of esters is 1. The van der Waals surface area contributed by atoms with Crippen LogP contribution in [0.5, 0.6) is 0 Å². The number of rotatable bonds is 7. The number of benzene rings is 1. The normalized spacial score (nSPS) is 17.7. The Labute approximate surface area is 175 Å². The van der Waals surface area contributed by atoms with Gasteiger partial charge >= 0.3 is 5.97 Å². The summed E-state index contributed by atoms with van der Waals surface area (Å²) in [5, 5.41) is 3.61. The van der Waals surface area contributed by atoms with Gasteiger partial charge in [-0.3, -0.25) is 14.4 Å². The van der Waals surface area contributed by atoms with Crippen molar-refractivity contribution in [1.82, 2.24) is 10.2 Å². The molecule has 154 valence electrons. The predicted molar refractivity (Wildman–Crippen MR) is 109 cm³/mol. The lowest BCUT2D eigenvalue weighted by atomic mass is 9.96. The number of piperidine rings is 1. The molecular weight excluding hydrogens is 403 g/mol. The highest BCUT2D eigenvalue weighted by Gasteiger charge is 2.29. The molecule has 1 aromatic carbocycles. The Morgan fingerprint density at radius 1 is 1.29 bits per heavy atom. The summed E-state index contributed by atoms with van der Waals surface area (Å²) < 4.78 is 4.92. The molecule has 0 aliphatic carbocycles. The number of halogens is 2. The smallest absolute Gasteiger partial charge is 0.306 e. The van der Waals surface area contributed by atoms with E-state index < -0.39 is 0 Å². The fourth-order valence-corrected chi connectivity index (χ4v) is 3.48. The maximum Gasteiger partial charge on any atom is 0.306 e. The molecule has 1 heterocycles. The number of ether oxygens (including phenoxy) is 1. The maximum absolute atomic E-state index is 12.7. The van der Waals surface area contributed by atoms with E-state index in [4.69, 9.17) is 27.9 Å². The molecule has 2 unspecified atom stereocenters. The van der Waals surface area contributed by atoms with E-state index in [9.17, 15) is 14.4 Å². The zero-order valence-corrected chi connectivity index (χ0v) is 17.7. The van der Waals surface area contributed by atoms with Crippen LogP contribution in [0.15, 0.2) is 18.2 Å². The van der Waals surface area contributed by atoms with Crippen molar-refractivity contribution in [1.29, 1.82) is 0 Å². The van der Waals surface area contributed by atoms with Crippen molar-refractivity contribution in [2.24, 2.45) is 11.8 Å². The van der Waals surface area contributed by atoms with Gasteiger partial charge in [-0.25, -0.2) is 0 Å². The van der Waals surface area contributed by atoms with E-state index in [1.807, 2.05) is 6.92 Å². The Hall–Kier alpha value is -1.79. The van der Waals surface area contributed by atoms with Gasteiger partial charge in [-0.2, -0.15) is 0 Å². The summed E-state index contributed by atoms with van der Waals surface area (Å²) in [6.45, 7) is 5.35. The molecule has 6 nitrogen and oxygen atoms in total. The maximum atomic E-state index is 12.7. The predicted octanol–water partition coefficient (Wildman–Crippen LogP) is 3.55. The third-order valence-corrected chi connectivity index (χ3v) is 5.43. The second kappa shape index (κ2) is 10.7. The number of carbonyl (C=O) groups is 3. The number of nitrogens with zero attached hydrogens (tertiary/aromatic N) is 1. The minimum absolute atomic E-state index is 0.0134. The van der Waals surface area contributed by atoms with Crippen LogP contribution in [0.2, 0.25) is 10.0 Å².